The largest absolute Gasteiger partial charge is 0.450 e. The van der Waals surface area contributed by atoms with E-state index in [9.17, 15) is 9.59 Å². The number of nitrogens with one attached hydrogen (secondary N) is 1. The summed E-state index contributed by atoms with van der Waals surface area (Å²) in [6.45, 7) is 0.00601. The van der Waals surface area contributed by atoms with Crippen LogP contribution >= 0.6 is 23.2 Å². The Bertz CT molecular complexity index is 1200. The molecule has 4 nitrogen and oxygen atoms in total. The number of fused-ring (bicyclic) bond motifs is 1. The van der Waals surface area contributed by atoms with E-state index in [1.165, 1.54) is 0 Å². The maximum atomic E-state index is 13.0. The zero-order valence-corrected chi connectivity index (χ0v) is 16.6. The Labute approximate surface area is 177 Å². The molecule has 0 saturated heterocycles. The van der Waals surface area contributed by atoms with Gasteiger partial charge in [0.1, 0.15) is 5.58 Å². The summed E-state index contributed by atoms with van der Waals surface area (Å²) in [6, 6.07) is 20.5. The van der Waals surface area contributed by atoms with Gasteiger partial charge in [0, 0.05) is 26.6 Å². The van der Waals surface area contributed by atoms with Gasteiger partial charge >= 0.3 is 0 Å². The minimum Gasteiger partial charge on any atom is -0.450 e. The summed E-state index contributed by atoms with van der Waals surface area (Å²) in [5.41, 5.74) is 2.02. The summed E-state index contributed by atoms with van der Waals surface area (Å²) < 4.78 is 5.83. The molecule has 0 spiro atoms. The topological polar surface area (TPSA) is 59.3 Å². The number of benzene rings is 3. The molecule has 0 aliphatic carbocycles. The molecule has 4 rings (SSSR count). The fourth-order valence-electron chi connectivity index (χ4n) is 3.02. The highest BCUT2D eigenvalue weighted by Crippen LogP contribution is 2.32. The molecule has 6 heteroatoms. The van der Waals surface area contributed by atoms with E-state index in [4.69, 9.17) is 27.6 Å². The number of hydrogen-bond donors (Lipinski definition) is 1. The van der Waals surface area contributed by atoms with Crippen LogP contribution in [0.2, 0.25) is 10.0 Å². The summed E-state index contributed by atoms with van der Waals surface area (Å²) in [5.74, 6) is -0.270. The standard InChI is InChI=1S/C23H15Cl2NO3/c24-16-9-5-14(6-10-16)19(27)13-26-21-18-3-1-2-4-20(18)29-23(21)22(28)15-7-11-17(25)12-8-15/h1-12,26H,13H2. The molecule has 0 bridgehead atoms. The van der Waals surface area contributed by atoms with Crippen molar-refractivity contribution in [2.75, 3.05) is 11.9 Å². The molecule has 0 unspecified atom stereocenters. The van der Waals surface area contributed by atoms with Crippen LogP contribution < -0.4 is 5.32 Å². The predicted octanol–water partition coefficient (Wildman–Crippen LogP) is 6.27. The van der Waals surface area contributed by atoms with Crippen LogP contribution in [-0.4, -0.2) is 18.1 Å². The Kier molecular flexibility index (Phi) is 5.38. The molecular weight excluding hydrogens is 409 g/mol. The van der Waals surface area contributed by atoms with Gasteiger partial charge in [-0.1, -0.05) is 35.3 Å². The average molecular weight is 424 g/mol. The Hall–Kier alpha value is -3.08. The number of rotatable bonds is 6. The van der Waals surface area contributed by atoms with Crippen LogP contribution in [0.4, 0.5) is 5.69 Å². The number of hydrogen-bond acceptors (Lipinski definition) is 4. The molecule has 4 aromatic rings. The second-order valence-corrected chi connectivity index (χ2v) is 7.29. The van der Waals surface area contributed by atoms with Crippen molar-refractivity contribution in [1.82, 2.24) is 0 Å². The van der Waals surface area contributed by atoms with E-state index in [0.29, 0.717) is 32.4 Å². The van der Waals surface area contributed by atoms with Gasteiger partial charge in [0.05, 0.1) is 12.2 Å². The molecule has 1 aromatic heterocycles. The highest BCUT2D eigenvalue weighted by Gasteiger charge is 2.22. The van der Waals surface area contributed by atoms with Gasteiger partial charge in [0.2, 0.25) is 5.78 Å². The number of Topliss-reactive ketones (excluding diaryl/α,β-unsaturated/α-hetero) is 1. The lowest BCUT2D eigenvalue weighted by Crippen LogP contribution is -2.15. The summed E-state index contributed by atoms with van der Waals surface area (Å²) in [4.78, 5) is 25.6. The summed E-state index contributed by atoms with van der Waals surface area (Å²) in [7, 11) is 0. The van der Waals surface area contributed by atoms with E-state index in [1.807, 2.05) is 18.2 Å². The Morgan fingerprint density at radius 2 is 1.38 bits per heavy atom. The van der Waals surface area contributed by atoms with Crippen molar-refractivity contribution in [2.24, 2.45) is 0 Å². The van der Waals surface area contributed by atoms with Crippen LogP contribution in [0.5, 0.6) is 0 Å². The third-order valence-corrected chi connectivity index (χ3v) is 5.00. The molecular formula is C23H15Cl2NO3. The monoisotopic (exact) mass is 423 g/mol. The maximum absolute atomic E-state index is 13.0. The minimum atomic E-state index is -0.292. The van der Waals surface area contributed by atoms with Crippen LogP contribution in [-0.2, 0) is 0 Å². The van der Waals surface area contributed by atoms with E-state index in [2.05, 4.69) is 5.32 Å². The van der Waals surface area contributed by atoms with Gasteiger partial charge in [-0.3, -0.25) is 9.59 Å². The molecule has 0 amide bonds. The van der Waals surface area contributed by atoms with E-state index in [1.54, 1.807) is 54.6 Å². The maximum Gasteiger partial charge on any atom is 0.230 e. The van der Waals surface area contributed by atoms with E-state index >= 15 is 0 Å². The second-order valence-electron chi connectivity index (χ2n) is 6.42. The number of carbonyl (C=O) groups excluding carboxylic acids is 2. The van der Waals surface area contributed by atoms with E-state index in [-0.39, 0.29) is 23.9 Å². The number of halogens is 2. The summed E-state index contributed by atoms with van der Waals surface area (Å²) in [6.07, 6.45) is 0. The summed E-state index contributed by atoms with van der Waals surface area (Å²) >= 11 is 11.8. The van der Waals surface area contributed by atoms with Gasteiger partial charge < -0.3 is 9.73 Å². The van der Waals surface area contributed by atoms with Gasteiger partial charge in [-0.25, -0.2) is 0 Å². The SMILES string of the molecule is O=C(CNc1c(C(=O)c2ccc(Cl)cc2)oc2ccccc12)c1ccc(Cl)cc1. The third kappa shape index (κ3) is 4.04. The highest BCUT2D eigenvalue weighted by atomic mass is 35.5. The normalized spacial score (nSPS) is 10.8. The Morgan fingerprint density at radius 3 is 2.03 bits per heavy atom. The first-order chi connectivity index (χ1) is 14.0. The van der Waals surface area contributed by atoms with Gasteiger partial charge in [-0.15, -0.1) is 0 Å². The molecule has 1 N–H and O–H groups in total. The molecule has 1 heterocycles. The zero-order chi connectivity index (χ0) is 20.4. The number of ketones is 2. The molecule has 29 heavy (non-hydrogen) atoms. The van der Waals surface area contributed by atoms with Crippen molar-refractivity contribution in [3.8, 4) is 0 Å². The first-order valence-corrected chi connectivity index (χ1v) is 9.63. The number of para-hydroxylation sites is 1. The third-order valence-electron chi connectivity index (χ3n) is 4.50. The lowest BCUT2D eigenvalue weighted by Gasteiger charge is -2.07. The van der Waals surface area contributed by atoms with Crippen LogP contribution in [0.3, 0.4) is 0 Å². The molecule has 0 saturated carbocycles. The molecule has 0 aliphatic heterocycles. The minimum absolute atomic E-state index is 0.00601. The lowest BCUT2D eigenvalue weighted by atomic mass is 10.1. The molecule has 0 radical (unpaired) electrons. The fourth-order valence-corrected chi connectivity index (χ4v) is 3.27. The van der Waals surface area contributed by atoms with Gasteiger partial charge in [0.15, 0.2) is 11.5 Å². The van der Waals surface area contributed by atoms with Gasteiger partial charge in [-0.05, 0) is 60.7 Å². The summed E-state index contributed by atoms with van der Waals surface area (Å²) in [5, 5.41) is 4.92. The lowest BCUT2D eigenvalue weighted by molar-refractivity contribution is 0.0997. The van der Waals surface area contributed by atoms with E-state index < -0.39 is 0 Å². The number of anilines is 1. The van der Waals surface area contributed by atoms with Crippen LogP contribution in [0.15, 0.2) is 77.2 Å². The Morgan fingerprint density at radius 1 is 0.793 bits per heavy atom. The van der Waals surface area contributed by atoms with Crippen LogP contribution in [0.25, 0.3) is 11.0 Å². The molecule has 0 atom stereocenters. The van der Waals surface area contributed by atoms with Crippen molar-refractivity contribution in [3.63, 3.8) is 0 Å². The fraction of sp³-hybridized carbons (Fsp3) is 0.0435. The first-order valence-electron chi connectivity index (χ1n) is 8.87. The van der Waals surface area contributed by atoms with Crippen LogP contribution in [0.1, 0.15) is 26.5 Å². The first kappa shape index (κ1) is 19.2. The zero-order valence-electron chi connectivity index (χ0n) is 15.1. The van der Waals surface area contributed by atoms with E-state index in [0.717, 1.165) is 5.39 Å². The average Bonchev–Trinajstić information content (AvgIpc) is 3.11. The van der Waals surface area contributed by atoms with Crippen molar-refractivity contribution in [2.45, 2.75) is 0 Å². The second kappa shape index (κ2) is 8.11. The van der Waals surface area contributed by atoms with Crippen LogP contribution in [0, 0.1) is 0 Å². The van der Waals surface area contributed by atoms with Gasteiger partial charge in [-0.2, -0.15) is 0 Å². The predicted molar refractivity (Wildman–Crippen MR) is 115 cm³/mol. The smallest absolute Gasteiger partial charge is 0.230 e. The van der Waals surface area contributed by atoms with Crippen molar-refractivity contribution < 1.29 is 14.0 Å². The van der Waals surface area contributed by atoms with Crippen molar-refractivity contribution in [1.29, 1.82) is 0 Å². The quantitative estimate of drug-likeness (QED) is 0.371. The molecule has 0 aliphatic rings. The van der Waals surface area contributed by atoms with Gasteiger partial charge in [0.25, 0.3) is 0 Å². The highest BCUT2D eigenvalue weighted by molar-refractivity contribution is 6.31. The van der Waals surface area contributed by atoms with Crippen molar-refractivity contribution >= 4 is 51.4 Å². The number of furan rings is 1. The van der Waals surface area contributed by atoms with Crippen molar-refractivity contribution in [3.05, 3.63) is 99.7 Å². The molecule has 3 aromatic carbocycles. The Balaban J connectivity index is 1.66. The molecule has 0 fully saturated rings. The molecule has 144 valence electrons. The number of carbonyl (C=O) groups is 2.